The fourth-order valence-electron chi connectivity index (χ4n) is 1.89. The Morgan fingerprint density at radius 2 is 2.07 bits per heavy atom. The molecule has 0 bridgehead atoms. The van der Waals surface area contributed by atoms with Crippen molar-refractivity contribution in [3.8, 4) is 11.8 Å². The summed E-state index contributed by atoms with van der Waals surface area (Å²) < 4.78 is 0. The topological polar surface area (TPSA) is 0 Å². The number of hydrogen-bond acceptors (Lipinski definition) is 0. The van der Waals surface area contributed by atoms with Crippen LogP contribution in [0.2, 0.25) is 0 Å². The smallest absolute Gasteiger partial charge is 0.0333 e. The van der Waals surface area contributed by atoms with Gasteiger partial charge in [0.1, 0.15) is 0 Å². The van der Waals surface area contributed by atoms with Crippen LogP contribution in [0.4, 0.5) is 0 Å². The Morgan fingerprint density at radius 1 is 1.27 bits per heavy atom. The van der Waals surface area contributed by atoms with Gasteiger partial charge < -0.3 is 0 Å². The summed E-state index contributed by atoms with van der Waals surface area (Å²) in [6.45, 7) is 0. The van der Waals surface area contributed by atoms with E-state index in [1.54, 1.807) is 0 Å². The Bertz CT molecular complexity index is 380. The van der Waals surface area contributed by atoms with Crippen molar-refractivity contribution >= 4 is 11.6 Å². The fourth-order valence-corrected chi connectivity index (χ4v) is 1.99. The maximum atomic E-state index is 5.61. The minimum absolute atomic E-state index is 0.624. The van der Waals surface area contributed by atoms with E-state index in [2.05, 4.69) is 36.1 Å². The van der Waals surface area contributed by atoms with Gasteiger partial charge in [-0.1, -0.05) is 36.5 Å². The van der Waals surface area contributed by atoms with Gasteiger partial charge in [-0.2, -0.15) is 0 Å². The Hall–Kier alpha value is -0.930. The van der Waals surface area contributed by atoms with Crippen molar-refractivity contribution in [2.24, 2.45) is 0 Å². The van der Waals surface area contributed by atoms with Crippen LogP contribution in [0, 0.1) is 11.8 Å². The van der Waals surface area contributed by atoms with Crippen molar-refractivity contribution in [2.45, 2.75) is 31.6 Å². The maximum Gasteiger partial charge on any atom is 0.0333 e. The molecule has 1 aliphatic rings. The third kappa shape index (κ3) is 2.55. The molecule has 1 aromatic rings. The van der Waals surface area contributed by atoms with Crippen molar-refractivity contribution in [3.63, 3.8) is 0 Å². The number of rotatable bonds is 2. The zero-order valence-electron chi connectivity index (χ0n) is 8.80. The van der Waals surface area contributed by atoms with E-state index in [0.29, 0.717) is 5.88 Å². The van der Waals surface area contributed by atoms with Gasteiger partial charge in [-0.3, -0.25) is 0 Å². The van der Waals surface area contributed by atoms with Crippen LogP contribution >= 0.6 is 11.6 Å². The van der Waals surface area contributed by atoms with E-state index >= 15 is 0 Å². The first-order valence-electron chi connectivity index (χ1n) is 5.55. The van der Waals surface area contributed by atoms with E-state index in [4.69, 9.17) is 11.6 Å². The maximum absolute atomic E-state index is 5.61. The van der Waals surface area contributed by atoms with E-state index < -0.39 is 0 Å². The predicted molar refractivity (Wildman–Crippen MR) is 65.2 cm³/mol. The molecule has 1 saturated carbocycles. The van der Waals surface area contributed by atoms with E-state index in [1.807, 2.05) is 0 Å². The molecule has 0 spiro atoms. The number of hydrogen-bond donors (Lipinski definition) is 0. The third-order valence-electron chi connectivity index (χ3n) is 2.95. The molecule has 0 unspecified atom stereocenters. The molecule has 0 amide bonds. The highest BCUT2D eigenvalue weighted by atomic mass is 35.5. The summed E-state index contributed by atoms with van der Waals surface area (Å²) >= 11 is 5.61. The number of halogens is 1. The van der Waals surface area contributed by atoms with Crippen molar-refractivity contribution in [2.75, 3.05) is 5.88 Å². The van der Waals surface area contributed by atoms with Gasteiger partial charge in [-0.15, -0.1) is 11.6 Å². The first kappa shape index (κ1) is 10.6. The van der Waals surface area contributed by atoms with Gasteiger partial charge in [0.05, 0.1) is 0 Å². The monoisotopic (exact) mass is 218 g/mol. The van der Waals surface area contributed by atoms with Crippen molar-refractivity contribution in [3.05, 3.63) is 35.4 Å². The van der Waals surface area contributed by atoms with E-state index in [0.717, 1.165) is 12.3 Å². The summed E-state index contributed by atoms with van der Waals surface area (Å²) in [6, 6.07) is 8.51. The molecule has 2 rings (SSSR count). The van der Waals surface area contributed by atoms with Crippen LogP contribution in [-0.4, -0.2) is 5.88 Å². The second kappa shape index (κ2) is 5.24. The number of benzene rings is 1. The van der Waals surface area contributed by atoms with Crippen LogP contribution in [0.15, 0.2) is 24.3 Å². The molecule has 0 aromatic heterocycles. The minimum Gasteiger partial charge on any atom is -0.126 e. The molecule has 1 fully saturated rings. The van der Waals surface area contributed by atoms with Crippen molar-refractivity contribution in [1.82, 2.24) is 0 Å². The van der Waals surface area contributed by atoms with Crippen LogP contribution in [0.5, 0.6) is 0 Å². The zero-order chi connectivity index (χ0) is 10.5. The largest absolute Gasteiger partial charge is 0.126 e. The molecular formula is C14H15Cl. The van der Waals surface area contributed by atoms with E-state index in [1.165, 1.54) is 30.4 Å². The second-order valence-electron chi connectivity index (χ2n) is 3.96. The molecule has 1 heteroatoms. The summed E-state index contributed by atoms with van der Waals surface area (Å²) in [6.07, 6.45) is 4.80. The first-order chi connectivity index (χ1) is 7.42. The highest BCUT2D eigenvalue weighted by molar-refractivity contribution is 6.18. The Labute approximate surface area is 96.6 Å². The third-order valence-corrected chi connectivity index (χ3v) is 3.14. The van der Waals surface area contributed by atoms with Crippen LogP contribution in [-0.2, 0) is 0 Å². The van der Waals surface area contributed by atoms with Gasteiger partial charge in [0, 0.05) is 17.9 Å². The molecule has 0 heterocycles. The minimum atomic E-state index is 0.624. The Kier molecular flexibility index (Phi) is 3.69. The summed E-state index contributed by atoms with van der Waals surface area (Å²) in [5.74, 6) is 7.72. The first-order valence-corrected chi connectivity index (χ1v) is 6.09. The Morgan fingerprint density at radius 3 is 2.73 bits per heavy atom. The molecule has 0 aliphatic heterocycles. The second-order valence-corrected chi connectivity index (χ2v) is 4.33. The van der Waals surface area contributed by atoms with Crippen LogP contribution in [0.25, 0.3) is 0 Å². The standard InChI is InChI=1S/C14H15Cl/c15-11-4-3-7-12-6-1-2-10-14(12)13-8-5-9-13/h1-2,6,10,13H,4-5,8-9,11H2. The quantitative estimate of drug-likeness (QED) is 0.521. The van der Waals surface area contributed by atoms with Crippen LogP contribution in [0.1, 0.15) is 42.7 Å². The highest BCUT2D eigenvalue weighted by Crippen LogP contribution is 2.37. The molecule has 78 valence electrons. The molecule has 0 nitrogen and oxygen atoms in total. The zero-order valence-corrected chi connectivity index (χ0v) is 9.56. The average Bonchev–Trinajstić information content (AvgIpc) is 2.18. The van der Waals surface area contributed by atoms with Gasteiger partial charge in [-0.05, 0) is 30.4 Å². The summed E-state index contributed by atoms with van der Waals surface area (Å²) in [7, 11) is 0. The normalized spacial score (nSPS) is 15.3. The molecule has 15 heavy (non-hydrogen) atoms. The lowest BCUT2D eigenvalue weighted by Gasteiger charge is -2.26. The summed E-state index contributed by atoms with van der Waals surface area (Å²) in [5, 5.41) is 0. The molecule has 0 N–H and O–H groups in total. The molecule has 1 aliphatic carbocycles. The van der Waals surface area contributed by atoms with Gasteiger partial charge in [0.25, 0.3) is 0 Å². The molecular weight excluding hydrogens is 204 g/mol. The lowest BCUT2D eigenvalue weighted by Crippen LogP contribution is -2.10. The molecule has 0 atom stereocenters. The van der Waals surface area contributed by atoms with Gasteiger partial charge >= 0.3 is 0 Å². The van der Waals surface area contributed by atoms with Gasteiger partial charge in [0.15, 0.2) is 0 Å². The van der Waals surface area contributed by atoms with E-state index in [9.17, 15) is 0 Å². The highest BCUT2D eigenvalue weighted by Gasteiger charge is 2.20. The summed E-state index contributed by atoms with van der Waals surface area (Å²) in [4.78, 5) is 0. The van der Waals surface area contributed by atoms with Crippen molar-refractivity contribution in [1.29, 1.82) is 0 Å². The van der Waals surface area contributed by atoms with Crippen LogP contribution in [0.3, 0.4) is 0 Å². The SMILES string of the molecule is ClCCC#Cc1ccccc1C1CCC1. The van der Waals surface area contributed by atoms with Crippen LogP contribution < -0.4 is 0 Å². The molecule has 0 saturated heterocycles. The number of alkyl halides is 1. The predicted octanol–water partition coefficient (Wildman–Crippen LogP) is 3.93. The van der Waals surface area contributed by atoms with E-state index in [-0.39, 0.29) is 0 Å². The average molecular weight is 219 g/mol. The molecule has 0 radical (unpaired) electrons. The fraction of sp³-hybridized carbons (Fsp3) is 0.429. The van der Waals surface area contributed by atoms with Gasteiger partial charge in [-0.25, -0.2) is 0 Å². The lowest BCUT2D eigenvalue weighted by molar-refractivity contribution is 0.419. The lowest BCUT2D eigenvalue weighted by atomic mass is 9.78. The molecule has 1 aromatic carbocycles. The van der Waals surface area contributed by atoms with Crippen molar-refractivity contribution < 1.29 is 0 Å². The van der Waals surface area contributed by atoms with Gasteiger partial charge in [0.2, 0.25) is 0 Å². The summed E-state index contributed by atoms with van der Waals surface area (Å²) in [5.41, 5.74) is 2.64. The Balaban J connectivity index is 2.18.